The summed E-state index contributed by atoms with van der Waals surface area (Å²) in [4.78, 5) is 64.4. The highest BCUT2D eigenvalue weighted by Gasteiger charge is 2.42. The van der Waals surface area contributed by atoms with Gasteiger partial charge in [0.2, 0.25) is 0 Å². The summed E-state index contributed by atoms with van der Waals surface area (Å²) in [5.41, 5.74) is 7.47. The molecule has 174 valence electrons. The molecule has 2 rings (SSSR count). The molecule has 0 aliphatic carbocycles. The summed E-state index contributed by atoms with van der Waals surface area (Å²) in [5.74, 6) is -1.63. The lowest BCUT2D eigenvalue weighted by Gasteiger charge is -2.20. The number of nitrogens with zero attached hydrogens (tertiary/aromatic N) is 4. The summed E-state index contributed by atoms with van der Waals surface area (Å²) in [6.45, 7) is 0.686. The molecule has 1 aliphatic rings. The predicted molar refractivity (Wildman–Crippen MR) is 101 cm³/mol. The molecule has 31 heavy (non-hydrogen) atoms. The van der Waals surface area contributed by atoms with E-state index in [0.717, 1.165) is 4.57 Å². The van der Waals surface area contributed by atoms with Gasteiger partial charge in [-0.25, -0.2) is 13.7 Å². The largest absolute Gasteiger partial charge is 0.476 e. The van der Waals surface area contributed by atoms with Crippen molar-refractivity contribution in [3.8, 4) is 0 Å². The normalized spacial score (nSPS) is 25.4. The Morgan fingerprint density at radius 2 is 1.94 bits per heavy atom. The lowest BCUT2D eigenvalue weighted by atomic mass is 10.1. The summed E-state index contributed by atoms with van der Waals surface area (Å²) in [7, 11) is -15.6. The van der Waals surface area contributed by atoms with Gasteiger partial charge in [0.05, 0.1) is 18.8 Å². The molecule has 20 heteroatoms. The smallest absolute Gasteiger partial charge is 0.352 e. The van der Waals surface area contributed by atoms with E-state index < -0.39 is 65.1 Å². The molecule has 0 spiro atoms. The van der Waals surface area contributed by atoms with E-state index in [1.807, 2.05) is 0 Å². The maximum Gasteiger partial charge on any atom is 0.476 e. The number of aromatic amines is 1. The molecular formula is C11H18N5O12P3. The van der Waals surface area contributed by atoms with Gasteiger partial charge >= 0.3 is 28.7 Å². The van der Waals surface area contributed by atoms with Crippen LogP contribution in [0.15, 0.2) is 20.9 Å². The summed E-state index contributed by atoms with van der Waals surface area (Å²) < 4.78 is 49.2. The number of aryl methyl sites for hydroxylation is 1. The highest BCUT2D eigenvalue weighted by Crippen LogP contribution is 2.64. The first-order chi connectivity index (χ1) is 14.1. The summed E-state index contributed by atoms with van der Waals surface area (Å²) in [6.07, 6.45) is -1.08. The van der Waals surface area contributed by atoms with Gasteiger partial charge in [0.25, 0.3) is 5.56 Å². The summed E-state index contributed by atoms with van der Waals surface area (Å²) >= 11 is 0. The van der Waals surface area contributed by atoms with Crippen LogP contribution >= 0.6 is 23.0 Å². The molecule has 1 aliphatic heterocycles. The molecule has 1 fully saturated rings. The zero-order valence-corrected chi connectivity index (χ0v) is 18.3. The minimum atomic E-state index is -5.42. The van der Waals surface area contributed by atoms with Crippen LogP contribution in [0.25, 0.3) is 10.4 Å². The Morgan fingerprint density at radius 3 is 2.52 bits per heavy atom. The van der Waals surface area contributed by atoms with Crippen LogP contribution in [-0.2, 0) is 27.3 Å². The number of aromatic nitrogens is 2. The van der Waals surface area contributed by atoms with Gasteiger partial charge in [-0.1, -0.05) is 5.11 Å². The number of rotatable bonds is 9. The van der Waals surface area contributed by atoms with Gasteiger partial charge in [0.15, 0.2) is 5.90 Å². The van der Waals surface area contributed by atoms with E-state index in [9.17, 15) is 33.1 Å². The summed E-state index contributed by atoms with van der Waals surface area (Å²) in [6, 6.07) is -0.985. The van der Waals surface area contributed by atoms with Crippen molar-refractivity contribution in [1.82, 2.24) is 9.55 Å². The molecule has 0 amide bonds. The van der Waals surface area contributed by atoms with Crippen molar-refractivity contribution in [2.24, 2.45) is 5.11 Å². The standard InChI is InChI=1S/C11H18N5O12P3/c1-6-3-16(11(18)13-10(6)17)9-2-7(14-15-12)8(27-9)4-26-29(19,20)5-30(21,22)28-31(23,24)25/h3,7-9H,2,4-5H2,1H3,(H,19,20)(H,21,22)(H,13,17,18)(H2,23,24,25)/t7-,8+,9+/m0/s1. The molecule has 0 saturated carbocycles. The van der Waals surface area contributed by atoms with Gasteiger partial charge in [-0.05, 0) is 12.5 Å². The number of ether oxygens (including phenoxy) is 1. The second kappa shape index (κ2) is 9.49. The van der Waals surface area contributed by atoms with Crippen molar-refractivity contribution in [1.29, 1.82) is 0 Å². The number of hydrogen-bond acceptors (Lipinski definition) is 9. The first-order valence-electron chi connectivity index (χ1n) is 8.19. The third-order valence-corrected chi connectivity index (χ3v) is 9.18. The van der Waals surface area contributed by atoms with Crippen molar-refractivity contribution in [2.45, 2.75) is 31.7 Å². The lowest BCUT2D eigenvalue weighted by molar-refractivity contribution is -0.0238. The molecule has 1 aromatic heterocycles. The number of phosphoric acid groups is 1. The average molecular weight is 505 g/mol. The van der Waals surface area contributed by atoms with Crippen molar-refractivity contribution in [3.63, 3.8) is 0 Å². The number of hydrogen-bond donors (Lipinski definition) is 5. The van der Waals surface area contributed by atoms with E-state index >= 15 is 0 Å². The second-order valence-corrected chi connectivity index (χ2v) is 12.0. The third kappa shape index (κ3) is 7.49. The Kier molecular flexibility index (Phi) is 7.85. The molecule has 5 N–H and O–H groups in total. The van der Waals surface area contributed by atoms with Gasteiger partial charge in [-0.2, -0.15) is 0 Å². The lowest BCUT2D eigenvalue weighted by Crippen LogP contribution is -2.33. The van der Waals surface area contributed by atoms with Crippen molar-refractivity contribution < 1.29 is 46.8 Å². The molecule has 2 heterocycles. The minimum Gasteiger partial charge on any atom is -0.352 e. The van der Waals surface area contributed by atoms with Gasteiger partial charge in [-0.15, -0.1) is 0 Å². The zero-order valence-electron chi connectivity index (χ0n) is 15.6. The maximum atomic E-state index is 12.0. The van der Waals surface area contributed by atoms with Crippen molar-refractivity contribution in [3.05, 3.63) is 43.0 Å². The van der Waals surface area contributed by atoms with Crippen LogP contribution in [0.1, 0.15) is 18.2 Å². The second-order valence-electron chi connectivity index (χ2n) is 6.40. The van der Waals surface area contributed by atoms with Crippen LogP contribution in [0.4, 0.5) is 0 Å². The molecule has 5 atom stereocenters. The summed E-state index contributed by atoms with van der Waals surface area (Å²) in [5, 5.41) is 3.46. The molecule has 0 aromatic carbocycles. The van der Waals surface area contributed by atoms with Crippen LogP contribution in [0.3, 0.4) is 0 Å². The Bertz CT molecular complexity index is 1140. The van der Waals surface area contributed by atoms with Gasteiger partial charge < -0.3 is 28.8 Å². The van der Waals surface area contributed by atoms with E-state index in [1.165, 1.54) is 13.1 Å². The average Bonchev–Trinajstić information content (AvgIpc) is 2.96. The van der Waals surface area contributed by atoms with Crippen LogP contribution in [0.2, 0.25) is 0 Å². The number of H-pyrrole nitrogens is 1. The van der Waals surface area contributed by atoms with E-state index in [2.05, 4.69) is 19.3 Å². The van der Waals surface area contributed by atoms with Crippen molar-refractivity contribution >= 4 is 23.0 Å². The van der Waals surface area contributed by atoms with Crippen molar-refractivity contribution in [2.75, 3.05) is 12.5 Å². The number of azide groups is 1. The van der Waals surface area contributed by atoms with E-state index in [1.54, 1.807) is 0 Å². The first kappa shape index (κ1) is 25.7. The Balaban J connectivity index is 2.14. The molecule has 1 saturated heterocycles. The van der Waals surface area contributed by atoms with E-state index in [4.69, 9.17) is 24.6 Å². The molecule has 2 unspecified atom stereocenters. The highest BCUT2D eigenvalue weighted by molar-refractivity contribution is 7.74. The quantitative estimate of drug-likeness (QED) is 0.131. The van der Waals surface area contributed by atoms with Crippen LogP contribution in [0, 0.1) is 6.92 Å². The van der Waals surface area contributed by atoms with E-state index in [0.29, 0.717) is 0 Å². The molecular weight excluding hydrogens is 487 g/mol. The van der Waals surface area contributed by atoms with Crippen LogP contribution in [0.5, 0.6) is 0 Å². The van der Waals surface area contributed by atoms with Gasteiger partial charge in [0.1, 0.15) is 6.23 Å². The van der Waals surface area contributed by atoms with Crippen LogP contribution in [-0.4, -0.2) is 53.8 Å². The van der Waals surface area contributed by atoms with E-state index in [-0.39, 0.29) is 12.0 Å². The Hall–Kier alpha value is -1.60. The molecule has 1 aromatic rings. The monoisotopic (exact) mass is 505 g/mol. The molecule has 17 nitrogen and oxygen atoms in total. The zero-order chi connectivity index (χ0) is 23.6. The predicted octanol–water partition coefficient (Wildman–Crippen LogP) is 0.266. The van der Waals surface area contributed by atoms with Gasteiger partial charge in [-0.3, -0.25) is 23.5 Å². The third-order valence-electron chi connectivity index (χ3n) is 3.89. The molecule has 0 bridgehead atoms. The minimum absolute atomic E-state index is 0.0704. The topological polar surface area (TPSA) is 263 Å². The fraction of sp³-hybridized carbons (Fsp3) is 0.636. The van der Waals surface area contributed by atoms with Gasteiger partial charge in [0, 0.05) is 23.1 Å². The highest BCUT2D eigenvalue weighted by atomic mass is 31.3. The Morgan fingerprint density at radius 1 is 1.29 bits per heavy atom. The SMILES string of the molecule is Cc1cn([C@H]2C[C@H](N=[N+]=[N-])[C@@H](COP(=O)(O)CP(=O)(O)OP(=O)(O)O)O2)c(=O)[nH]c1=O. The maximum absolute atomic E-state index is 12.0. The fourth-order valence-electron chi connectivity index (χ4n) is 2.67. The number of nitrogens with one attached hydrogen (secondary N) is 1. The molecule has 0 radical (unpaired) electrons. The first-order valence-corrected chi connectivity index (χ1v) is 13.2. The fourth-order valence-corrected chi connectivity index (χ4v) is 7.19. The Labute approximate surface area is 172 Å². The van der Waals surface area contributed by atoms with Crippen LogP contribution < -0.4 is 11.2 Å².